The van der Waals surface area contributed by atoms with E-state index in [1.54, 1.807) is 0 Å². The predicted octanol–water partition coefficient (Wildman–Crippen LogP) is 4.47. The summed E-state index contributed by atoms with van der Waals surface area (Å²) in [4.78, 5) is 11.3. The van der Waals surface area contributed by atoms with E-state index in [0.29, 0.717) is 13.0 Å². The lowest BCUT2D eigenvalue weighted by Crippen LogP contribution is -2.05. The number of hydrogen-bond donors (Lipinski definition) is 0. The van der Waals surface area contributed by atoms with Crippen LogP contribution in [0.3, 0.4) is 0 Å². The highest BCUT2D eigenvalue weighted by Gasteiger charge is 2.01. The Labute approximate surface area is 112 Å². The summed E-state index contributed by atoms with van der Waals surface area (Å²) in [5.41, 5.74) is 0. The zero-order valence-electron chi connectivity index (χ0n) is 11.9. The fraction of sp³-hybridized carbons (Fsp3) is 0.812. The van der Waals surface area contributed by atoms with Gasteiger partial charge in [-0.1, -0.05) is 45.4 Å². The van der Waals surface area contributed by atoms with Gasteiger partial charge in [0.25, 0.3) is 0 Å². The zero-order chi connectivity index (χ0) is 13.5. The van der Waals surface area contributed by atoms with E-state index >= 15 is 0 Å². The molecule has 2 nitrogen and oxygen atoms in total. The quantitative estimate of drug-likeness (QED) is 0.291. The van der Waals surface area contributed by atoms with Gasteiger partial charge in [-0.2, -0.15) is 0 Å². The van der Waals surface area contributed by atoms with Crippen molar-refractivity contribution in [2.24, 2.45) is 0 Å². The molecule has 104 valence electrons. The maximum atomic E-state index is 11.3. The molecule has 0 amide bonds. The number of terminal acetylenes is 1. The van der Waals surface area contributed by atoms with Crippen LogP contribution < -0.4 is 0 Å². The van der Waals surface area contributed by atoms with E-state index in [9.17, 15) is 4.79 Å². The van der Waals surface area contributed by atoms with E-state index in [1.807, 2.05) is 0 Å². The largest absolute Gasteiger partial charge is 0.466 e. The van der Waals surface area contributed by atoms with Crippen molar-refractivity contribution < 1.29 is 9.53 Å². The minimum atomic E-state index is -0.0292. The average Bonchev–Trinajstić information content (AvgIpc) is 2.38. The molecule has 18 heavy (non-hydrogen) atoms. The Balaban J connectivity index is 3.13. The fourth-order valence-corrected chi connectivity index (χ4v) is 1.81. The van der Waals surface area contributed by atoms with Gasteiger partial charge in [-0.15, -0.1) is 12.3 Å². The lowest BCUT2D eigenvalue weighted by molar-refractivity contribution is -0.143. The lowest BCUT2D eigenvalue weighted by Gasteiger charge is -2.04. The molecule has 0 spiro atoms. The Morgan fingerprint density at radius 1 is 1.00 bits per heavy atom. The summed E-state index contributed by atoms with van der Waals surface area (Å²) in [5, 5.41) is 0. The molecule has 0 fully saturated rings. The van der Waals surface area contributed by atoms with E-state index < -0.39 is 0 Å². The molecule has 0 aromatic heterocycles. The molecule has 0 heterocycles. The standard InChI is InChI=1S/C16H28O2/c1-3-5-7-8-9-10-11-12-14-16(17)18-15-13-6-4-2/h1H,4-15H2,2H3. The summed E-state index contributed by atoms with van der Waals surface area (Å²) < 4.78 is 5.14. The van der Waals surface area contributed by atoms with E-state index in [4.69, 9.17) is 11.2 Å². The van der Waals surface area contributed by atoms with Gasteiger partial charge in [-0.05, 0) is 19.3 Å². The molecule has 0 unspecified atom stereocenters. The number of esters is 1. The van der Waals surface area contributed by atoms with Crippen molar-refractivity contribution in [3.8, 4) is 12.3 Å². The van der Waals surface area contributed by atoms with E-state index in [0.717, 1.165) is 44.9 Å². The first-order chi connectivity index (χ1) is 8.81. The van der Waals surface area contributed by atoms with Crippen LogP contribution >= 0.6 is 0 Å². The summed E-state index contributed by atoms with van der Waals surface area (Å²) >= 11 is 0. The maximum Gasteiger partial charge on any atom is 0.305 e. The Bertz CT molecular complexity index is 228. The normalized spacial score (nSPS) is 10.0. The summed E-state index contributed by atoms with van der Waals surface area (Å²) in [7, 11) is 0. The van der Waals surface area contributed by atoms with Crippen molar-refractivity contribution in [3.63, 3.8) is 0 Å². The third kappa shape index (κ3) is 13.1. The SMILES string of the molecule is C#CCCCCCCCCC(=O)OCCCCC. The highest BCUT2D eigenvalue weighted by molar-refractivity contribution is 5.69. The van der Waals surface area contributed by atoms with Crippen molar-refractivity contribution in [2.75, 3.05) is 6.61 Å². The molecule has 0 saturated carbocycles. The second kappa shape index (κ2) is 14.1. The van der Waals surface area contributed by atoms with Crippen molar-refractivity contribution in [1.82, 2.24) is 0 Å². The van der Waals surface area contributed by atoms with E-state index in [-0.39, 0.29) is 5.97 Å². The highest BCUT2D eigenvalue weighted by atomic mass is 16.5. The fourth-order valence-electron chi connectivity index (χ4n) is 1.81. The van der Waals surface area contributed by atoms with Gasteiger partial charge in [0, 0.05) is 12.8 Å². The molecule has 2 heteroatoms. The molecule has 0 N–H and O–H groups in total. The number of carbonyl (C=O) groups excluding carboxylic acids is 1. The van der Waals surface area contributed by atoms with Crippen LogP contribution in [0.4, 0.5) is 0 Å². The smallest absolute Gasteiger partial charge is 0.305 e. The molecule has 0 aromatic rings. The third-order valence-electron chi connectivity index (χ3n) is 2.96. The third-order valence-corrected chi connectivity index (χ3v) is 2.96. The Morgan fingerprint density at radius 3 is 2.33 bits per heavy atom. The maximum absolute atomic E-state index is 11.3. The van der Waals surface area contributed by atoms with Gasteiger partial charge in [0.05, 0.1) is 6.61 Å². The lowest BCUT2D eigenvalue weighted by atomic mass is 10.1. The molecule has 0 aliphatic heterocycles. The molecule has 0 aromatic carbocycles. The van der Waals surface area contributed by atoms with Crippen LogP contribution in [0, 0.1) is 12.3 Å². The van der Waals surface area contributed by atoms with Crippen LogP contribution in [-0.4, -0.2) is 12.6 Å². The average molecular weight is 252 g/mol. The molecule has 0 atom stereocenters. The second-order valence-electron chi connectivity index (χ2n) is 4.75. The first-order valence-electron chi connectivity index (χ1n) is 7.40. The van der Waals surface area contributed by atoms with Crippen LogP contribution in [0.5, 0.6) is 0 Å². The van der Waals surface area contributed by atoms with Gasteiger partial charge in [-0.3, -0.25) is 4.79 Å². The van der Waals surface area contributed by atoms with Crippen LogP contribution in [0.15, 0.2) is 0 Å². The highest BCUT2D eigenvalue weighted by Crippen LogP contribution is 2.09. The Kier molecular flexibility index (Phi) is 13.3. The Hall–Kier alpha value is -0.970. The Morgan fingerprint density at radius 2 is 1.67 bits per heavy atom. The van der Waals surface area contributed by atoms with Crippen LogP contribution in [-0.2, 0) is 9.53 Å². The van der Waals surface area contributed by atoms with Gasteiger partial charge >= 0.3 is 5.97 Å². The summed E-state index contributed by atoms with van der Waals surface area (Å²) in [5.74, 6) is 2.62. The summed E-state index contributed by atoms with van der Waals surface area (Å²) in [6.45, 7) is 2.74. The summed E-state index contributed by atoms with van der Waals surface area (Å²) in [6, 6.07) is 0. The number of hydrogen-bond acceptors (Lipinski definition) is 2. The molecular weight excluding hydrogens is 224 g/mol. The number of ether oxygens (including phenoxy) is 1. The monoisotopic (exact) mass is 252 g/mol. The van der Waals surface area contributed by atoms with Gasteiger partial charge in [0.2, 0.25) is 0 Å². The molecule has 0 aliphatic rings. The van der Waals surface area contributed by atoms with Crippen molar-refractivity contribution in [3.05, 3.63) is 0 Å². The molecular formula is C16H28O2. The van der Waals surface area contributed by atoms with Crippen molar-refractivity contribution >= 4 is 5.97 Å². The van der Waals surface area contributed by atoms with E-state index in [2.05, 4.69) is 12.8 Å². The van der Waals surface area contributed by atoms with Crippen LogP contribution in [0.1, 0.15) is 77.6 Å². The molecule has 0 radical (unpaired) electrons. The minimum absolute atomic E-state index is 0.0292. The molecule has 0 bridgehead atoms. The van der Waals surface area contributed by atoms with Gasteiger partial charge < -0.3 is 4.74 Å². The molecule has 0 rings (SSSR count). The topological polar surface area (TPSA) is 26.3 Å². The van der Waals surface area contributed by atoms with Gasteiger partial charge in [0.1, 0.15) is 0 Å². The van der Waals surface area contributed by atoms with Gasteiger partial charge in [-0.25, -0.2) is 0 Å². The van der Waals surface area contributed by atoms with Crippen molar-refractivity contribution in [2.45, 2.75) is 77.6 Å². The molecule has 0 saturated heterocycles. The number of unbranched alkanes of at least 4 members (excludes halogenated alkanes) is 8. The van der Waals surface area contributed by atoms with Gasteiger partial charge in [0.15, 0.2) is 0 Å². The summed E-state index contributed by atoms with van der Waals surface area (Å²) in [6.07, 6.45) is 16.8. The first-order valence-corrected chi connectivity index (χ1v) is 7.40. The predicted molar refractivity (Wildman–Crippen MR) is 76.3 cm³/mol. The zero-order valence-corrected chi connectivity index (χ0v) is 11.9. The van der Waals surface area contributed by atoms with Crippen LogP contribution in [0.25, 0.3) is 0 Å². The van der Waals surface area contributed by atoms with Crippen molar-refractivity contribution in [1.29, 1.82) is 0 Å². The number of carbonyl (C=O) groups is 1. The minimum Gasteiger partial charge on any atom is -0.466 e. The number of rotatable bonds is 12. The van der Waals surface area contributed by atoms with Crippen LogP contribution in [0.2, 0.25) is 0 Å². The second-order valence-corrected chi connectivity index (χ2v) is 4.75. The molecule has 0 aliphatic carbocycles. The first kappa shape index (κ1) is 17.0. The van der Waals surface area contributed by atoms with E-state index in [1.165, 1.54) is 19.3 Å².